The van der Waals surface area contributed by atoms with Crippen LogP contribution in [0.25, 0.3) is 6.08 Å². The van der Waals surface area contributed by atoms with Gasteiger partial charge in [-0.25, -0.2) is 0 Å². The highest BCUT2D eigenvalue weighted by Crippen LogP contribution is 2.34. The van der Waals surface area contributed by atoms with Gasteiger partial charge in [-0.15, -0.1) is 0 Å². The van der Waals surface area contributed by atoms with Crippen molar-refractivity contribution in [2.24, 2.45) is 0 Å². The van der Waals surface area contributed by atoms with Gasteiger partial charge in [0.05, 0.1) is 5.57 Å². The number of hydrogen-bond donors (Lipinski definition) is 0. The van der Waals surface area contributed by atoms with Crippen LogP contribution in [0.1, 0.15) is 5.56 Å². The van der Waals surface area contributed by atoms with Crippen LogP contribution in [-0.4, -0.2) is 19.8 Å². The Morgan fingerprint density at radius 3 is 2.53 bits per heavy atom. The van der Waals surface area contributed by atoms with E-state index < -0.39 is 11.7 Å². The molecule has 1 heterocycles. The molecule has 0 atom stereocenters. The molecule has 80 valence electrons. The lowest BCUT2D eigenvalue weighted by atomic mass is 10.0. The second-order valence-electron chi connectivity index (χ2n) is 3.58. The Kier molecular flexibility index (Phi) is 2.21. The molecule has 0 unspecified atom stereocenters. The van der Waals surface area contributed by atoms with Crippen molar-refractivity contribution >= 4 is 11.8 Å². The SMILES string of the molecule is CN1CC(C(F)(F)F)=Cc2ccccc21. The van der Waals surface area contributed by atoms with Crippen molar-refractivity contribution in [3.63, 3.8) is 0 Å². The largest absolute Gasteiger partial charge is 0.414 e. The smallest absolute Gasteiger partial charge is 0.370 e. The van der Waals surface area contributed by atoms with Crippen LogP contribution < -0.4 is 4.90 Å². The highest BCUT2D eigenvalue weighted by atomic mass is 19.4. The molecule has 0 aliphatic carbocycles. The third-order valence-corrected chi connectivity index (χ3v) is 2.45. The molecule has 0 saturated carbocycles. The molecule has 1 aliphatic rings. The van der Waals surface area contributed by atoms with Crippen LogP contribution in [-0.2, 0) is 0 Å². The molecule has 0 saturated heterocycles. The lowest BCUT2D eigenvalue weighted by Crippen LogP contribution is -2.30. The summed E-state index contributed by atoms with van der Waals surface area (Å²) in [4.78, 5) is 1.61. The number of nitrogens with zero attached hydrogens (tertiary/aromatic N) is 1. The maximum atomic E-state index is 12.5. The van der Waals surface area contributed by atoms with E-state index in [1.165, 1.54) is 6.08 Å². The van der Waals surface area contributed by atoms with Crippen LogP contribution in [0.4, 0.5) is 18.9 Å². The van der Waals surface area contributed by atoms with E-state index in [9.17, 15) is 13.2 Å². The molecule has 1 aromatic rings. The summed E-state index contributed by atoms with van der Waals surface area (Å²) < 4.78 is 37.5. The van der Waals surface area contributed by atoms with Gasteiger partial charge in [-0.05, 0) is 17.7 Å². The minimum absolute atomic E-state index is 0.0828. The van der Waals surface area contributed by atoms with E-state index in [1.807, 2.05) is 12.1 Å². The molecule has 0 bridgehead atoms. The molecule has 1 nitrogen and oxygen atoms in total. The molecule has 15 heavy (non-hydrogen) atoms. The molecular formula is C11H10F3N. The number of likely N-dealkylation sites (N-methyl/N-ethyl adjacent to an activating group) is 1. The summed E-state index contributed by atoms with van der Waals surface area (Å²) in [6.45, 7) is -0.0828. The van der Waals surface area contributed by atoms with Crippen molar-refractivity contribution in [3.8, 4) is 0 Å². The van der Waals surface area contributed by atoms with Crippen molar-refractivity contribution < 1.29 is 13.2 Å². The van der Waals surface area contributed by atoms with E-state index in [0.717, 1.165) is 5.69 Å². The Bertz CT molecular complexity index is 407. The zero-order chi connectivity index (χ0) is 11.1. The number of para-hydroxylation sites is 1. The van der Waals surface area contributed by atoms with E-state index in [0.29, 0.717) is 5.56 Å². The molecule has 2 rings (SSSR count). The van der Waals surface area contributed by atoms with Crippen LogP contribution >= 0.6 is 0 Å². The Hall–Kier alpha value is -1.45. The molecule has 0 radical (unpaired) electrons. The number of alkyl halides is 3. The molecule has 0 aromatic heterocycles. The third-order valence-electron chi connectivity index (χ3n) is 2.45. The van der Waals surface area contributed by atoms with Crippen molar-refractivity contribution in [3.05, 3.63) is 35.4 Å². The highest BCUT2D eigenvalue weighted by molar-refractivity contribution is 5.73. The van der Waals surface area contributed by atoms with Gasteiger partial charge in [0, 0.05) is 19.3 Å². The second kappa shape index (κ2) is 3.29. The van der Waals surface area contributed by atoms with E-state index in [2.05, 4.69) is 0 Å². The van der Waals surface area contributed by atoms with Crippen molar-refractivity contribution in [2.75, 3.05) is 18.5 Å². The molecular weight excluding hydrogens is 203 g/mol. The van der Waals surface area contributed by atoms with E-state index in [-0.39, 0.29) is 6.54 Å². The van der Waals surface area contributed by atoms with Gasteiger partial charge in [0.1, 0.15) is 0 Å². The summed E-state index contributed by atoms with van der Waals surface area (Å²) in [5.74, 6) is 0. The van der Waals surface area contributed by atoms with E-state index in [4.69, 9.17) is 0 Å². The maximum Gasteiger partial charge on any atom is 0.414 e. The summed E-state index contributed by atoms with van der Waals surface area (Å²) >= 11 is 0. The monoisotopic (exact) mass is 213 g/mol. The fourth-order valence-electron chi connectivity index (χ4n) is 1.70. The van der Waals surface area contributed by atoms with Crippen LogP contribution in [0.3, 0.4) is 0 Å². The van der Waals surface area contributed by atoms with Gasteiger partial charge in [-0.1, -0.05) is 18.2 Å². The zero-order valence-electron chi connectivity index (χ0n) is 8.17. The summed E-state index contributed by atoms with van der Waals surface area (Å²) in [6, 6.07) is 7.07. The van der Waals surface area contributed by atoms with Gasteiger partial charge >= 0.3 is 6.18 Å². The Balaban J connectivity index is 2.48. The first-order valence-electron chi connectivity index (χ1n) is 4.56. The third kappa shape index (κ3) is 1.84. The summed E-state index contributed by atoms with van der Waals surface area (Å²) in [5.41, 5.74) is 0.966. The number of benzene rings is 1. The molecule has 0 N–H and O–H groups in total. The predicted octanol–water partition coefficient (Wildman–Crippen LogP) is 3.08. The minimum atomic E-state index is -4.23. The van der Waals surface area contributed by atoms with Crippen molar-refractivity contribution in [2.45, 2.75) is 6.18 Å². The van der Waals surface area contributed by atoms with Crippen molar-refractivity contribution in [1.29, 1.82) is 0 Å². The summed E-state index contributed by atoms with van der Waals surface area (Å²) in [6.07, 6.45) is -3.02. The standard InChI is InChI=1S/C11H10F3N/c1-15-7-9(11(12,13)14)6-8-4-2-3-5-10(8)15/h2-6H,7H2,1H3. The van der Waals surface area contributed by atoms with Gasteiger partial charge in [0.15, 0.2) is 0 Å². The average molecular weight is 213 g/mol. The van der Waals surface area contributed by atoms with E-state index >= 15 is 0 Å². The molecule has 0 spiro atoms. The lowest BCUT2D eigenvalue weighted by Gasteiger charge is -2.28. The molecule has 0 fully saturated rings. The number of fused-ring (bicyclic) bond motifs is 1. The fourth-order valence-corrected chi connectivity index (χ4v) is 1.70. The van der Waals surface area contributed by atoms with Crippen molar-refractivity contribution in [1.82, 2.24) is 0 Å². The number of anilines is 1. The highest BCUT2D eigenvalue weighted by Gasteiger charge is 2.36. The van der Waals surface area contributed by atoms with E-state index in [1.54, 1.807) is 24.1 Å². The quantitative estimate of drug-likeness (QED) is 0.640. The minimum Gasteiger partial charge on any atom is -0.370 e. The summed E-state index contributed by atoms with van der Waals surface area (Å²) in [5, 5.41) is 0. The fraction of sp³-hybridized carbons (Fsp3) is 0.273. The van der Waals surface area contributed by atoms with Gasteiger partial charge in [-0.2, -0.15) is 13.2 Å². The number of halogens is 3. The maximum absolute atomic E-state index is 12.5. The number of hydrogen-bond acceptors (Lipinski definition) is 1. The Labute approximate surface area is 85.8 Å². The van der Waals surface area contributed by atoms with Crippen LogP contribution in [0.2, 0.25) is 0 Å². The number of rotatable bonds is 0. The van der Waals surface area contributed by atoms with Crippen LogP contribution in [0, 0.1) is 0 Å². The van der Waals surface area contributed by atoms with Gasteiger partial charge < -0.3 is 4.90 Å². The zero-order valence-corrected chi connectivity index (χ0v) is 8.17. The molecule has 1 aromatic carbocycles. The topological polar surface area (TPSA) is 3.24 Å². The van der Waals surface area contributed by atoms with Crippen LogP contribution in [0.15, 0.2) is 29.8 Å². The normalized spacial score (nSPS) is 16.0. The Morgan fingerprint density at radius 2 is 1.87 bits per heavy atom. The van der Waals surface area contributed by atoms with Gasteiger partial charge in [0.2, 0.25) is 0 Å². The molecule has 4 heteroatoms. The average Bonchev–Trinajstić information content (AvgIpc) is 2.16. The Morgan fingerprint density at radius 1 is 1.20 bits per heavy atom. The second-order valence-corrected chi connectivity index (χ2v) is 3.58. The molecule has 1 aliphatic heterocycles. The van der Waals surface area contributed by atoms with Crippen LogP contribution in [0.5, 0.6) is 0 Å². The van der Waals surface area contributed by atoms with Gasteiger partial charge in [0.25, 0.3) is 0 Å². The summed E-state index contributed by atoms with van der Waals surface area (Å²) in [7, 11) is 1.66. The lowest BCUT2D eigenvalue weighted by molar-refractivity contribution is -0.0914. The van der Waals surface area contributed by atoms with Gasteiger partial charge in [-0.3, -0.25) is 0 Å². The first-order valence-corrected chi connectivity index (χ1v) is 4.56. The first kappa shape index (κ1) is 10.1. The first-order chi connectivity index (χ1) is 6.98. The predicted molar refractivity (Wildman–Crippen MR) is 53.7 cm³/mol. The molecule has 0 amide bonds.